The molecule has 2 aromatic carbocycles. The molecule has 3 aromatic rings. The molecule has 0 aliphatic carbocycles. The minimum absolute atomic E-state index is 0.101. The van der Waals surface area contributed by atoms with Gasteiger partial charge in [0.15, 0.2) is 5.82 Å². The van der Waals surface area contributed by atoms with Gasteiger partial charge < -0.3 is 5.32 Å². The molecular weight excluding hydrogens is 326 g/mol. The summed E-state index contributed by atoms with van der Waals surface area (Å²) >= 11 is 5.84. The minimum atomic E-state index is -0.101. The molecule has 1 aromatic heterocycles. The Bertz CT molecular complexity index is 827. The van der Waals surface area contributed by atoms with E-state index in [4.69, 9.17) is 11.6 Å². The van der Waals surface area contributed by atoms with Gasteiger partial charge in [0.2, 0.25) is 5.91 Å². The lowest BCUT2D eigenvalue weighted by atomic mass is 10.1. The Labute approximate surface area is 144 Å². The van der Waals surface area contributed by atoms with Crippen LogP contribution in [0.3, 0.4) is 0 Å². The van der Waals surface area contributed by atoms with Gasteiger partial charge in [-0.15, -0.1) is 5.10 Å². The number of amides is 1. The Morgan fingerprint density at radius 2 is 1.83 bits per heavy atom. The molecule has 0 aliphatic rings. The molecule has 0 fully saturated rings. The zero-order valence-corrected chi connectivity index (χ0v) is 13.9. The van der Waals surface area contributed by atoms with Crippen molar-refractivity contribution in [3.05, 3.63) is 70.5 Å². The predicted octanol–water partition coefficient (Wildman–Crippen LogP) is 2.48. The number of nitrogens with one attached hydrogen (secondary N) is 1. The highest BCUT2D eigenvalue weighted by atomic mass is 35.5. The van der Waals surface area contributed by atoms with Crippen molar-refractivity contribution in [2.75, 3.05) is 0 Å². The third kappa shape index (κ3) is 3.97. The third-order valence-electron chi connectivity index (χ3n) is 3.53. The van der Waals surface area contributed by atoms with Crippen LogP contribution in [0.2, 0.25) is 5.02 Å². The van der Waals surface area contributed by atoms with Gasteiger partial charge in [-0.3, -0.25) is 4.79 Å². The maximum Gasteiger partial charge on any atom is 0.224 e. The number of hydrogen-bond donors (Lipinski definition) is 1. The molecule has 3 rings (SSSR count). The Kier molecular flexibility index (Phi) is 4.86. The van der Waals surface area contributed by atoms with Crippen molar-refractivity contribution < 1.29 is 4.79 Å². The van der Waals surface area contributed by atoms with E-state index >= 15 is 0 Å². The number of aromatic nitrogens is 4. The Morgan fingerprint density at radius 3 is 2.54 bits per heavy atom. The standard InChI is InChI=1S/C17H16ClN5O/c1-12-2-8-15(9-3-12)23-16(20-21-22-23)11-19-17(24)10-13-4-6-14(18)7-5-13/h2-9H,10-11H2,1H3,(H,19,24). The summed E-state index contributed by atoms with van der Waals surface area (Å²) in [6, 6.07) is 15.0. The fraction of sp³-hybridized carbons (Fsp3) is 0.176. The van der Waals surface area contributed by atoms with Crippen molar-refractivity contribution in [2.24, 2.45) is 0 Å². The second-order valence-corrected chi connectivity index (χ2v) is 5.86. The molecule has 122 valence electrons. The molecule has 0 spiro atoms. The molecule has 0 unspecified atom stereocenters. The van der Waals surface area contributed by atoms with Crippen molar-refractivity contribution in [1.82, 2.24) is 25.5 Å². The van der Waals surface area contributed by atoms with Gasteiger partial charge in [-0.2, -0.15) is 4.68 Å². The summed E-state index contributed by atoms with van der Waals surface area (Å²) < 4.78 is 1.61. The van der Waals surface area contributed by atoms with Crippen LogP contribution in [-0.2, 0) is 17.8 Å². The summed E-state index contributed by atoms with van der Waals surface area (Å²) in [4.78, 5) is 12.1. The lowest BCUT2D eigenvalue weighted by Gasteiger charge is -2.07. The van der Waals surface area contributed by atoms with Crippen LogP contribution < -0.4 is 5.32 Å². The fourth-order valence-electron chi connectivity index (χ4n) is 2.23. The molecule has 0 saturated heterocycles. The maximum absolute atomic E-state index is 12.1. The molecule has 0 atom stereocenters. The van der Waals surface area contributed by atoms with Gasteiger partial charge in [0.1, 0.15) is 0 Å². The number of nitrogens with zero attached hydrogens (tertiary/aromatic N) is 4. The number of carbonyl (C=O) groups excluding carboxylic acids is 1. The Morgan fingerprint density at radius 1 is 1.12 bits per heavy atom. The normalized spacial score (nSPS) is 10.6. The molecule has 0 aliphatic heterocycles. The highest BCUT2D eigenvalue weighted by Crippen LogP contribution is 2.11. The highest BCUT2D eigenvalue weighted by Gasteiger charge is 2.10. The molecule has 24 heavy (non-hydrogen) atoms. The first-order valence-electron chi connectivity index (χ1n) is 7.47. The molecule has 1 N–H and O–H groups in total. The van der Waals surface area contributed by atoms with E-state index in [0.717, 1.165) is 16.8 Å². The molecule has 0 bridgehead atoms. The van der Waals surface area contributed by atoms with E-state index in [1.165, 1.54) is 0 Å². The lowest BCUT2D eigenvalue weighted by molar-refractivity contribution is -0.120. The second-order valence-electron chi connectivity index (χ2n) is 5.42. The first-order valence-corrected chi connectivity index (χ1v) is 7.85. The van der Waals surface area contributed by atoms with Crippen molar-refractivity contribution in [1.29, 1.82) is 0 Å². The van der Waals surface area contributed by atoms with E-state index in [1.807, 2.05) is 43.3 Å². The number of benzene rings is 2. The van der Waals surface area contributed by atoms with Crippen molar-refractivity contribution in [2.45, 2.75) is 19.9 Å². The van der Waals surface area contributed by atoms with Gasteiger partial charge >= 0.3 is 0 Å². The summed E-state index contributed by atoms with van der Waals surface area (Å²) in [6.45, 7) is 2.27. The maximum atomic E-state index is 12.1. The first-order chi connectivity index (χ1) is 11.6. The van der Waals surface area contributed by atoms with E-state index in [2.05, 4.69) is 20.8 Å². The van der Waals surface area contributed by atoms with Gasteiger partial charge in [-0.1, -0.05) is 41.4 Å². The molecule has 0 radical (unpaired) electrons. The van der Waals surface area contributed by atoms with Crippen molar-refractivity contribution >= 4 is 17.5 Å². The molecule has 1 amide bonds. The number of aryl methyl sites for hydroxylation is 1. The van der Waals surface area contributed by atoms with Crippen LogP contribution in [0.5, 0.6) is 0 Å². The third-order valence-corrected chi connectivity index (χ3v) is 3.79. The van der Waals surface area contributed by atoms with E-state index < -0.39 is 0 Å². The van der Waals surface area contributed by atoms with Crippen LogP contribution in [0.25, 0.3) is 5.69 Å². The fourth-order valence-corrected chi connectivity index (χ4v) is 2.36. The summed E-state index contributed by atoms with van der Waals surface area (Å²) in [5.41, 5.74) is 2.91. The molecular formula is C17H16ClN5O. The lowest BCUT2D eigenvalue weighted by Crippen LogP contribution is -2.26. The number of hydrogen-bond acceptors (Lipinski definition) is 4. The Balaban J connectivity index is 1.63. The van der Waals surface area contributed by atoms with Gasteiger partial charge in [0.25, 0.3) is 0 Å². The van der Waals surface area contributed by atoms with Crippen LogP contribution in [0, 0.1) is 6.92 Å². The number of rotatable bonds is 5. The van der Waals surface area contributed by atoms with Gasteiger partial charge in [-0.25, -0.2) is 0 Å². The predicted molar refractivity (Wildman–Crippen MR) is 90.9 cm³/mol. The largest absolute Gasteiger partial charge is 0.348 e. The average Bonchev–Trinajstić information content (AvgIpc) is 3.04. The number of tetrazole rings is 1. The zero-order chi connectivity index (χ0) is 16.9. The van der Waals surface area contributed by atoms with Crippen LogP contribution in [0.15, 0.2) is 48.5 Å². The summed E-state index contributed by atoms with van der Waals surface area (Å²) in [5.74, 6) is 0.471. The SMILES string of the molecule is Cc1ccc(-n2nnnc2CNC(=O)Cc2ccc(Cl)cc2)cc1. The van der Waals surface area contributed by atoms with Gasteiger partial charge in [-0.05, 0) is 47.2 Å². The van der Waals surface area contributed by atoms with Crippen LogP contribution in [-0.4, -0.2) is 26.1 Å². The van der Waals surface area contributed by atoms with Crippen LogP contribution in [0.1, 0.15) is 17.0 Å². The smallest absolute Gasteiger partial charge is 0.224 e. The molecule has 7 heteroatoms. The average molecular weight is 342 g/mol. The number of halogens is 1. The molecule has 6 nitrogen and oxygen atoms in total. The summed E-state index contributed by atoms with van der Waals surface area (Å²) in [6.07, 6.45) is 0.281. The monoisotopic (exact) mass is 341 g/mol. The summed E-state index contributed by atoms with van der Waals surface area (Å²) in [5, 5.41) is 15.1. The molecule has 0 saturated carbocycles. The number of carbonyl (C=O) groups is 1. The quantitative estimate of drug-likeness (QED) is 0.773. The van der Waals surface area contributed by atoms with E-state index in [9.17, 15) is 4.79 Å². The van der Waals surface area contributed by atoms with Gasteiger partial charge in [0, 0.05) is 5.02 Å². The minimum Gasteiger partial charge on any atom is -0.348 e. The molecule has 1 heterocycles. The summed E-state index contributed by atoms with van der Waals surface area (Å²) in [7, 11) is 0. The van der Waals surface area contributed by atoms with E-state index in [0.29, 0.717) is 10.8 Å². The second kappa shape index (κ2) is 7.23. The van der Waals surface area contributed by atoms with E-state index in [1.54, 1.807) is 16.8 Å². The van der Waals surface area contributed by atoms with Crippen LogP contribution in [0.4, 0.5) is 0 Å². The highest BCUT2D eigenvalue weighted by molar-refractivity contribution is 6.30. The van der Waals surface area contributed by atoms with Crippen molar-refractivity contribution in [3.63, 3.8) is 0 Å². The van der Waals surface area contributed by atoms with Crippen molar-refractivity contribution in [3.8, 4) is 5.69 Å². The Hall–Kier alpha value is -2.73. The topological polar surface area (TPSA) is 72.7 Å². The van der Waals surface area contributed by atoms with Crippen LogP contribution >= 0.6 is 11.6 Å². The zero-order valence-electron chi connectivity index (χ0n) is 13.1. The van der Waals surface area contributed by atoms with Gasteiger partial charge in [0.05, 0.1) is 18.7 Å². The van der Waals surface area contributed by atoms with E-state index in [-0.39, 0.29) is 18.9 Å². The first kappa shape index (κ1) is 16.1.